The van der Waals surface area contributed by atoms with Gasteiger partial charge in [0.1, 0.15) is 0 Å². The molecule has 6 rings (SSSR count). The number of fused-ring (bicyclic) bond motifs is 1. The molecule has 37 heavy (non-hydrogen) atoms. The molecule has 0 N–H and O–H groups in total. The first-order chi connectivity index (χ1) is 17.8. The van der Waals surface area contributed by atoms with Crippen LogP contribution in [0.15, 0.2) is 91.1 Å². The number of rotatable bonds is 4. The Morgan fingerprint density at radius 3 is 1.81 bits per heavy atom. The maximum Gasteiger partial charge on any atom is 0.494 e. The molecular formula is C30H27BN4O2. The summed E-state index contributed by atoms with van der Waals surface area (Å²) in [6.07, 6.45) is 1.79. The number of hydrogen-bond donors (Lipinski definition) is 0. The van der Waals surface area contributed by atoms with Crippen LogP contribution in [0, 0.1) is 0 Å². The average molecular weight is 486 g/mol. The number of aromatic nitrogens is 4. The maximum atomic E-state index is 6.22. The predicted octanol–water partition coefficient (Wildman–Crippen LogP) is 5.72. The van der Waals surface area contributed by atoms with Crippen LogP contribution < -0.4 is 5.46 Å². The van der Waals surface area contributed by atoms with Crippen LogP contribution >= 0.6 is 0 Å². The van der Waals surface area contributed by atoms with Crippen LogP contribution in [0.3, 0.4) is 0 Å². The van der Waals surface area contributed by atoms with Crippen LogP contribution in [0.2, 0.25) is 0 Å². The topological polar surface area (TPSA) is 70.0 Å². The van der Waals surface area contributed by atoms with Gasteiger partial charge in [-0.15, -0.1) is 0 Å². The van der Waals surface area contributed by atoms with Crippen molar-refractivity contribution >= 4 is 23.5 Å². The number of hydrogen-bond acceptors (Lipinski definition) is 6. The third-order valence-corrected chi connectivity index (χ3v) is 7.23. The van der Waals surface area contributed by atoms with Gasteiger partial charge >= 0.3 is 7.12 Å². The number of nitrogens with zero attached hydrogens (tertiary/aromatic N) is 4. The van der Waals surface area contributed by atoms with Crippen molar-refractivity contribution in [3.63, 3.8) is 0 Å². The van der Waals surface area contributed by atoms with E-state index in [0.717, 1.165) is 33.1 Å². The summed E-state index contributed by atoms with van der Waals surface area (Å²) >= 11 is 0. The van der Waals surface area contributed by atoms with Crippen molar-refractivity contribution in [1.29, 1.82) is 0 Å². The van der Waals surface area contributed by atoms with E-state index >= 15 is 0 Å². The zero-order valence-electron chi connectivity index (χ0n) is 21.3. The molecule has 0 amide bonds. The molecule has 6 nitrogen and oxygen atoms in total. The summed E-state index contributed by atoms with van der Waals surface area (Å²) in [6, 6.07) is 28.1. The first-order valence-electron chi connectivity index (χ1n) is 12.4. The van der Waals surface area contributed by atoms with Gasteiger partial charge in [-0.25, -0.2) is 15.0 Å². The molecule has 1 aliphatic heterocycles. The van der Waals surface area contributed by atoms with Crippen molar-refractivity contribution in [1.82, 2.24) is 19.9 Å². The normalized spacial score (nSPS) is 16.3. The highest BCUT2D eigenvalue weighted by Crippen LogP contribution is 2.36. The van der Waals surface area contributed by atoms with Gasteiger partial charge in [0.2, 0.25) is 0 Å². The summed E-state index contributed by atoms with van der Waals surface area (Å²) in [5.74, 6) is 1.83. The molecule has 3 aromatic carbocycles. The quantitative estimate of drug-likeness (QED) is 0.303. The second kappa shape index (κ2) is 8.87. The highest BCUT2D eigenvalue weighted by Gasteiger charge is 2.51. The molecule has 0 saturated carbocycles. The SMILES string of the molecule is CC1(C)OB(c2ccc(-c3nc(-c4ccccc4)nc(-c4ccc5cccnc5c4)n3)cc2)OC1(C)C. The lowest BCUT2D eigenvalue weighted by Gasteiger charge is -2.32. The Labute approximate surface area is 216 Å². The van der Waals surface area contributed by atoms with E-state index in [9.17, 15) is 0 Å². The van der Waals surface area contributed by atoms with Crippen LogP contribution in [0.4, 0.5) is 0 Å². The van der Waals surface area contributed by atoms with Crippen molar-refractivity contribution in [3.05, 3.63) is 91.1 Å². The van der Waals surface area contributed by atoms with Crippen molar-refractivity contribution < 1.29 is 9.31 Å². The van der Waals surface area contributed by atoms with Gasteiger partial charge in [-0.3, -0.25) is 4.98 Å². The first kappa shape index (κ1) is 23.5. The van der Waals surface area contributed by atoms with E-state index in [0.29, 0.717) is 17.5 Å². The summed E-state index contributed by atoms with van der Waals surface area (Å²) in [7, 11) is -0.419. The molecule has 0 unspecified atom stereocenters. The Hall–Kier alpha value is -3.94. The largest absolute Gasteiger partial charge is 0.494 e. The standard InChI is InChI=1S/C30H27BN4O2/c1-29(2)30(3,4)37-31(36-29)24-16-14-22(15-17-24)27-33-26(21-9-6-5-7-10-21)34-28(35-27)23-13-12-20-11-8-18-32-25(20)19-23/h5-19H,1-4H3. The molecule has 0 bridgehead atoms. The lowest BCUT2D eigenvalue weighted by atomic mass is 9.79. The van der Waals surface area contributed by atoms with Gasteiger partial charge in [-0.05, 0) is 45.3 Å². The Balaban J connectivity index is 1.41. The minimum absolute atomic E-state index is 0.390. The molecular weight excluding hydrogens is 459 g/mol. The van der Waals surface area contributed by atoms with Gasteiger partial charge in [-0.1, -0.05) is 72.8 Å². The predicted molar refractivity (Wildman–Crippen MR) is 147 cm³/mol. The van der Waals surface area contributed by atoms with Crippen molar-refractivity contribution in [2.24, 2.45) is 0 Å². The van der Waals surface area contributed by atoms with E-state index in [1.807, 2.05) is 84.9 Å². The van der Waals surface area contributed by atoms with Crippen molar-refractivity contribution in [2.75, 3.05) is 0 Å². The Morgan fingerprint density at radius 2 is 1.16 bits per heavy atom. The summed E-state index contributed by atoms with van der Waals surface area (Å²) in [5.41, 5.74) is 3.79. The first-order valence-corrected chi connectivity index (χ1v) is 12.4. The van der Waals surface area contributed by atoms with Crippen LogP contribution in [-0.4, -0.2) is 38.3 Å². The molecule has 2 aromatic heterocycles. The zero-order valence-corrected chi connectivity index (χ0v) is 21.3. The molecule has 182 valence electrons. The monoisotopic (exact) mass is 486 g/mol. The summed E-state index contributed by atoms with van der Waals surface area (Å²) < 4.78 is 12.4. The van der Waals surface area contributed by atoms with Crippen LogP contribution in [0.1, 0.15) is 27.7 Å². The zero-order chi connectivity index (χ0) is 25.6. The minimum atomic E-state index is -0.419. The lowest BCUT2D eigenvalue weighted by Crippen LogP contribution is -2.41. The van der Waals surface area contributed by atoms with Gasteiger partial charge in [0.15, 0.2) is 17.5 Å². The molecule has 1 fully saturated rings. The van der Waals surface area contributed by atoms with Crippen molar-refractivity contribution in [3.8, 4) is 34.2 Å². The molecule has 1 aliphatic rings. The molecule has 0 spiro atoms. The fraction of sp³-hybridized carbons (Fsp3) is 0.200. The van der Waals surface area contributed by atoms with Gasteiger partial charge in [0.25, 0.3) is 0 Å². The molecule has 0 atom stereocenters. The van der Waals surface area contributed by atoms with E-state index in [1.165, 1.54) is 0 Å². The highest BCUT2D eigenvalue weighted by atomic mass is 16.7. The summed E-state index contributed by atoms with van der Waals surface area (Å²) in [5, 5.41) is 1.07. The van der Waals surface area contributed by atoms with Crippen LogP contribution in [-0.2, 0) is 9.31 Å². The maximum absolute atomic E-state index is 6.22. The van der Waals surface area contributed by atoms with Gasteiger partial charge in [0, 0.05) is 28.3 Å². The summed E-state index contributed by atoms with van der Waals surface area (Å²) in [6.45, 7) is 8.23. The van der Waals surface area contributed by atoms with Crippen LogP contribution in [0.25, 0.3) is 45.1 Å². The van der Waals surface area contributed by atoms with E-state index < -0.39 is 18.3 Å². The van der Waals surface area contributed by atoms with Gasteiger partial charge < -0.3 is 9.31 Å². The minimum Gasteiger partial charge on any atom is -0.399 e. The van der Waals surface area contributed by atoms with Gasteiger partial charge in [-0.2, -0.15) is 0 Å². The van der Waals surface area contributed by atoms with E-state index in [-0.39, 0.29) is 0 Å². The van der Waals surface area contributed by atoms with Gasteiger partial charge in [0.05, 0.1) is 16.7 Å². The molecule has 7 heteroatoms. The fourth-order valence-electron chi connectivity index (χ4n) is 4.32. The molecule has 0 radical (unpaired) electrons. The van der Waals surface area contributed by atoms with E-state index in [4.69, 9.17) is 24.3 Å². The van der Waals surface area contributed by atoms with Crippen molar-refractivity contribution in [2.45, 2.75) is 38.9 Å². The lowest BCUT2D eigenvalue weighted by molar-refractivity contribution is 0.00578. The molecule has 0 aliphatic carbocycles. The van der Waals surface area contributed by atoms with E-state index in [1.54, 1.807) is 6.20 Å². The van der Waals surface area contributed by atoms with E-state index in [2.05, 4.69) is 32.7 Å². The number of benzene rings is 3. The third kappa shape index (κ3) is 4.41. The molecule has 5 aromatic rings. The molecule has 1 saturated heterocycles. The number of pyridine rings is 1. The second-order valence-electron chi connectivity index (χ2n) is 10.3. The summed E-state index contributed by atoms with van der Waals surface area (Å²) in [4.78, 5) is 19.0. The fourth-order valence-corrected chi connectivity index (χ4v) is 4.32. The second-order valence-corrected chi connectivity index (χ2v) is 10.3. The van der Waals surface area contributed by atoms with Crippen LogP contribution in [0.5, 0.6) is 0 Å². The Kier molecular flexibility index (Phi) is 5.62. The Bertz CT molecular complexity index is 1570. The molecule has 3 heterocycles. The average Bonchev–Trinajstić information content (AvgIpc) is 3.15. The third-order valence-electron chi connectivity index (χ3n) is 7.23. The Morgan fingerprint density at radius 1 is 0.595 bits per heavy atom. The smallest absolute Gasteiger partial charge is 0.399 e. The highest BCUT2D eigenvalue weighted by molar-refractivity contribution is 6.62.